The lowest BCUT2D eigenvalue weighted by atomic mass is 10.2. The van der Waals surface area contributed by atoms with E-state index in [1.807, 2.05) is 0 Å². The number of hydrogen-bond donors (Lipinski definition) is 0. The number of hydrogen-bond acceptors (Lipinski definition) is 4. The highest BCUT2D eigenvalue weighted by molar-refractivity contribution is 7.95. The fraction of sp³-hybridized carbons (Fsp3) is 0.900. The van der Waals surface area contributed by atoms with Crippen molar-refractivity contribution < 1.29 is 9.32 Å². The van der Waals surface area contributed by atoms with E-state index in [2.05, 4.69) is 33.9 Å². The molecule has 0 atom stereocenters. The smallest absolute Gasteiger partial charge is 0.327 e. The highest BCUT2D eigenvalue weighted by Gasteiger charge is 2.40. The van der Waals surface area contributed by atoms with E-state index in [4.69, 9.17) is 16.1 Å². The lowest BCUT2D eigenvalue weighted by molar-refractivity contribution is 0.0201. The first kappa shape index (κ1) is 15.3. The lowest BCUT2D eigenvalue weighted by Crippen LogP contribution is -2.47. The van der Waals surface area contributed by atoms with Crippen LogP contribution < -0.4 is 0 Å². The summed E-state index contributed by atoms with van der Waals surface area (Å²) in [5, 5.41) is -0.278. The van der Waals surface area contributed by atoms with E-state index in [0.717, 1.165) is 13.0 Å². The van der Waals surface area contributed by atoms with Crippen LogP contribution in [-0.2, 0) is 4.53 Å². The Hall–Kier alpha value is 0.247. The zero-order chi connectivity index (χ0) is 13.3. The van der Waals surface area contributed by atoms with E-state index in [1.165, 1.54) is 16.4 Å². The molecule has 0 saturated carbocycles. The van der Waals surface area contributed by atoms with Crippen LogP contribution in [0.25, 0.3) is 0 Å². The van der Waals surface area contributed by atoms with Crippen molar-refractivity contribution in [3.8, 4) is 0 Å². The molecule has 1 fully saturated rings. The van der Waals surface area contributed by atoms with Gasteiger partial charge in [-0.1, -0.05) is 20.8 Å². The van der Waals surface area contributed by atoms with Crippen molar-refractivity contribution in [2.75, 3.05) is 13.1 Å². The van der Waals surface area contributed by atoms with Gasteiger partial charge in [-0.3, -0.25) is 9.10 Å². The van der Waals surface area contributed by atoms with Crippen LogP contribution in [0.4, 0.5) is 4.79 Å². The quantitative estimate of drug-likeness (QED) is 0.335. The van der Waals surface area contributed by atoms with Crippen LogP contribution >= 0.6 is 23.7 Å². The highest BCUT2D eigenvalue weighted by atomic mass is 35.5. The van der Waals surface area contributed by atoms with Crippen molar-refractivity contribution in [2.24, 2.45) is 0 Å². The van der Waals surface area contributed by atoms with E-state index < -0.39 is 13.7 Å². The van der Waals surface area contributed by atoms with Crippen LogP contribution in [0.3, 0.4) is 0 Å². The van der Waals surface area contributed by atoms with Crippen LogP contribution in [0.15, 0.2) is 0 Å². The van der Waals surface area contributed by atoms with Gasteiger partial charge in [0.2, 0.25) is 8.32 Å². The van der Waals surface area contributed by atoms with Crippen molar-refractivity contribution in [1.29, 1.82) is 0 Å². The minimum absolute atomic E-state index is 0.154. The summed E-state index contributed by atoms with van der Waals surface area (Å²) in [7, 11) is -1.83. The molecule has 0 bridgehead atoms. The first-order chi connectivity index (χ1) is 7.63. The van der Waals surface area contributed by atoms with Gasteiger partial charge >= 0.3 is 5.37 Å². The molecule has 1 heterocycles. The molecule has 1 rings (SSSR count). The number of hydroxylamine groups is 1. The molecule has 1 aliphatic heterocycles. The minimum atomic E-state index is -1.83. The Morgan fingerprint density at radius 3 is 2.41 bits per heavy atom. The fourth-order valence-electron chi connectivity index (χ4n) is 1.11. The molecule has 0 spiro atoms. The molecule has 1 saturated heterocycles. The topological polar surface area (TPSA) is 32.8 Å². The molecular formula is C10H21ClN2O2SSi. The zero-order valence-corrected chi connectivity index (χ0v) is 13.7. The van der Waals surface area contributed by atoms with Crippen LogP contribution in [0, 0.1) is 0 Å². The summed E-state index contributed by atoms with van der Waals surface area (Å²) >= 11 is 6.76. The summed E-state index contributed by atoms with van der Waals surface area (Å²) in [5.41, 5.74) is 0. The van der Waals surface area contributed by atoms with Crippen molar-refractivity contribution >= 4 is 37.4 Å². The van der Waals surface area contributed by atoms with Gasteiger partial charge < -0.3 is 4.53 Å². The van der Waals surface area contributed by atoms with Gasteiger partial charge in [-0.05, 0) is 36.2 Å². The van der Waals surface area contributed by atoms with Gasteiger partial charge in [-0.25, -0.2) is 0 Å². The van der Waals surface area contributed by atoms with Gasteiger partial charge in [-0.2, -0.15) is 0 Å². The van der Waals surface area contributed by atoms with E-state index in [9.17, 15) is 4.79 Å². The molecular weight excluding hydrogens is 276 g/mol. The highest BCUT2D eigenvalue weighted by Crippen LogP contribution is 2.39. The van der Waals surface area contributed by atoms with Crippen molar-refractivity contribution in [3.05, 3.63) is 0 Å². The Bertz CT molecular complexity index is 297. The van der Waals surface area contributed by atoms with Gasteiger partial charge in [0.25, 0.3) is 0 Å². The van der Waals surface area contributed by atoms with Crippen molar-refractivity contribution in [2.45, 2.75) is 45.3 Å². The molecule has 0 unspecified atom stereocenters. The Morgan fingerprint density at radius 2 is 1.94 bits per heavy atom. The summed E-state index contributed by atoms with van der Waals surface area (Å²) in [6.07, 6.45) is 0.889. The summed E-state index contributed by atoms with van der Waals surface area (Å²) in [4.78, 5) is 11.1. The maximum absolute atomic E-state index is 11.1. The Kier molecular flexibility index (Phi) is 4.94. The second kappa shape index (κ2) is 5.48. The third-order valence-corrected chi connectivity index (χ3v) is 8.93. The molecule has 0 aromatic carbocycles. The average Bonchev–Trinajstić information content (AvgIpc) is 2.15. The van der Waals surface area contributed by atoms with E-state index in [1.54, 1.807) is 4.47 Å². The summed E-state index contributed by atoms with van der Waals surface area (Å²) in [5.74, 6) is 0. The molecule has 0 radical (unpaired) electrons. The average molecular weight is 297 g/mol. The molecule has 0 N–H and O–H groups in total. The monoisotopic (exact) mass is 296 g/mol. The summed E-state index contributed by atoms with van der Waals surface area (Å²) < 4.78 is 9.44. The minimum Gasteiger partial charge on any atom is -0.331 e. The molecule has 4 nitrogen and oxygen atoms in total. The number of carbonyl (C=O) groups excluding carboxylic acids is 1. The fourth-order valence-corrected chi connectivity index (χ4v) is 3.56. The third-order valence-electron chi connectivity index (χ3n) is 3.22. The number of nitrogens with zero attached hydrogens (tertiary/aromatic N) is 2. The molecule has 0 aromatic rings. The molecule has 0 aromatic heterocycles. The number of halogens is 1. The van der Waals surface area contributed by atoms with Crippen LogP contribution in [0.1, 0.15) is 27.2 Å². The second-order valence-electron chi connectivity index (χ2n) is 5.70. The standard InChI is InChI=1S/C10H21ClN2O2SSi/c1-10(2,3)17(4,5)15-13-8-6-7-12(16-13)9(11)14/h6-8H2,1-5H3. The molecule has 17 heavy (non-hydrogen) atoms. The van der Waals surface area contributed by atoms with Gasteiger partial charge in [-0.15, -0.1) is 4.47 Å². The zero-order valence-electron chi connectivity index (χ0n) is 11.1. The SMILES string of the molecule is CC(C)(C)[Si](C)(C)ON1CCCN(C(=O)Cl)S1. The molecule has 100 valence electrons. The Labute approximate surface area is 114 Å². The van der Waals surface area contributed by atoms with Crippen LogP contribution in [-0.4, -0.2) is 35.5 Å². The predicted octanol–water partition coefficient (Wildman–Crippen LogP) is 3.85. The van der Waals surface area contributed by atoms with Gasteiger partial charge in [0.05, 0.1) is 12.1 Å². The van der Waals surface area contributed by atoms with E-state index in [-0.39, 0.29) is 5.04 Å². The van der Waals surface area contributed by atoms with Gasteiger partial charge in [0.15, 0.2) is 0 Å². The van der Waals surface area contributed by atoms with Crippen molar-refractivity contribution in [1.82, 2.24) is 8.77 Å². The number of carbonyl (C=O) groups is 1. The number of rotatable bonds is 2. The lowest BCUT2D eigenvalue weighted by Gasteiger charge is -2.41. The molecule has 1 amide bonds. The Morgan fingerprint density at radius 1 is 1.35 bits per heavy atom. The Balaban J connectivity index is 2.60. The van der Waals surface area contributed by atoms with Gasteiger partial charge in [0, 0.05) is 13.1 Å². The van der Waals surface area contributed by atoms with Crippen molar-refractivity contribution in [3.63, 3.8) is 0 Å². The predicted molar refractivity (Wildman–Crippen MR) is 75.2 cm³/mol. The third kappa shape index (κ3) is 4.13. The molecule has 1 aliphatic rings. The largest absolute Gasteiger partial charge is 0.331 e. The second-order valence-corrected chi connectivity index (χ2v) is 11.7. The van der Waals surface area contributed by atoms with Gasteiger partial charge in [0.1, 0.15) is 0 Å². The first-order valence-corrected chi connectivity index (χ1v) is 9.77. The molecule has 0 aliphatic carbocycles. The number of amides is 1. The normalized spacial score (nSPS) is 19.5. The summed E-state index contributed by atoms with van der Waals surface area (Å²) in [6.45, 7) is 12.5. The first-order valence-electron chi connectivity index (χ1n) is 5.75. The maximum Gasteiger partial charge on any atom is 0.327 e. The molecule has 7 heteroatoms. The van der Waals surface area contributed by atoms with Crippen LogP contribution in [0.2, 0.25) is 18.1 Å². The van der Waals surface area contributed by atoms with E-state index in [0.29, 0.717) is 6.54 Å². The van der Waals surface area contributed by atoms with Crippen LogP contribution in [0.5, 0.6) is 0 Å². The summed E-state index contributed by atoms with van der Waals surface area (Å²) in [6, 6.07) is 0. The van der Waals surface area contributed by atoms with E-state index >= 15 is 0 Å². The maximum atomic E-state index is 11.1.